The molecule has 5 heteroatoms. The molecule has 0 radical (unpaired) electrons. The molecule has 1 aromatic carbocycles. The van der Waals surface area contributed by atoms with Crippen molar-refractivity contribution in [2.75, 3.05) is 11.9 Å². The Morgan fingerprint density at radius 3 is 2.55 bits per heavy atom. The Morgan fingerprint density at radius 1 is 1.10 bits per heavy atom. The number of fused-ring (bicyclic) bond motifs is 1. The number of hydrogen-bond acceptors (Lipinski definition) is 4. The number of anilines is 1. The van der Waals surface area contributed by atoms with Crippen LogP contribution in [0.1, 0.15) is 11.4 Å². The summed E-state index contributed by atoms with van der Waals surface area (Å²) in [4.78, 5) is 9.19. The van der Waals surface area contributed by atoms with Crippen LogP contribution in [-0.2, 0) is 13.5 Å². The largest absolute Gasteiger partial charge is 0.368 e. The molecule has 0 saturated carbocycles. The van der Waals surface area contributed by atoms with Crippen LogP contribution in [0.2, 0.25) is 0 Å². The zero-order valence-corrected chi connectivity index (χ0v) is 11.7. The van der Waals surface area contributed by atoms with Crippen LogP contribution in [0.4, 0.5) is 5.82 Å². The van der Waals surface area contributed by atoms with Gasteiger partial charge in [0.2, 0.25) is 0 Å². The van der Waals surface area contributed by atoms with E-state index in [2.05, 4.69) is 20.4 Å². The number of nitrogens with one attached hydrogen (secondary N) is 1. The van der Waals surface area contributed by atoms with Gasteiger partial charge < -0.3 is 5.32 Å². The molecular formula is C15H17N5. The van der Waals surface area contributed by atoms with E-state index in [1.54, 1.807) is 0 Å². The van der Waals surface area contributed by atoms with Crippen molar-refractivity contribution in [3.8, 4) is 0 Å². The Labute approximate surface area is 117 Å². The van der Waals surface area contributed by atoms with Crippen molar-refractivity contribution in [3.05, 3.63) is 47.9 Å². The van der Waals surface area contributed by atoms with Crippen molar-refractivity contribution in [1.29, 1.82) is 0 Å². The van der Waals surface area contributed by atoms with Gasteiger partial charge in [-0.1, -0.05) is 12.1 Å². The Balaban J connectivity index is 1.74. The third-order valence-electron chi connectivity index (χ3n) is 3.34. The van der Waals surface area contributed by atoms with E-state index in [-0.39, 0.29) is 0 Å². The lowest BCUT2D eigenvalue weighted by atomic mass is 10.3. The van der Waals surface area contributed by atoms with E-state index in [0.29, 0.717) is 0 Å². The molecule has 0 aliphatic rings. The third-order valence-corrected chi connectivity index (χ3v) is 3.34. The maximum absolute atomic E-state index is 4.62. The number of rotatable bonds is 4. The number of aryl methyl sites for hydroxylation is 2. The Kier molecular flexibility index (Phi) is 3.33. The van der Waals surface area contributed by atoms with Crippen molar-refractivity contribution in [1.82, 2.24) is 19.7 Å². The zero-order valence-electron chi connectivity index (χ0n) is 11.7. The van der Waals surface area contributed by atoms with Gasteiger partial charge in [0, 0.05) is 31.9 Å². The van der Waals surface area contributed by atoms with Gasteiger partial charge in [0.25, 0.3) is 0 Å². The first-order valence-corrected chi connectivity index (χ1v) is 6.68. The first-order valence-electron chi connectivity index (χ1n) is 6.68. The number of benzene rings is 1. The molecule has 2 heterocycles. The van der Waals surface area contributed by atoms with Crippen LogP contribution in [0.5, 0.6) is 0 Å². The average molecular weight is 267 g/mol. The summed E-state index contributed by atoms with van der Waals surface area (Å²) in [6.45, 7) is 2.79. The predicted octanol–water partition coefficient (Wildman–Crippen LogP) is 2.33. The van der Waals surface area contributed by atoms with Crippen LogP contribution >= 0.6 is 0 Å². The Hall–Kier alpha value is -2.43. The Bertz CT molecular complexity index is 732. The van der Waals surface area contributed by atoms with Crippen LogP contribution in [0.3, 0.4) is 0 Å². The van der Waals surface area contributed by atoms with Crippen LogP contribution in [0.15, 0.2) is 36.5 Å². The highest BCUT2D eigenvalue weighted by Gasteiger charge is 2.05. The fourth-order valence-corrected chi connectivity index (χ4v) is 2.21. The summed E-state index contributed by atoms with van der Waals surface area (Å²) in [5, 5.41) is 7.52. The maximum Gasteiger partial charge on any atom is 0.148 e. The van der Waals surface area contributed by atoms with Gasteiger partial charge in [-0.15, -0.1) is 0 Å². The molecule has 102 valence electrons. The highest BCUT2D eigenvalue weighted by atomic mass is 15.3. The van der Waals surface area contributed by atoms with E-state index >= 15 is 0 Å². The Morgan fingerprint density at radius 2 is 1.85 bits per heavy atom. The summed E-state index contributed by atoms with van der Waals surface area (Å²) in [6, 6.07) is 9.95. The minimum atomic E-state index is 0.813. The van der Waals surface area contributed by atoms with Crippen molar-refractivity contribution in [3.63, 3.8) is 0 Å². The van der Waals surface area contributed by atoms with E-state index in [0.717, 1.165) is 35.5 Å². The van der Waals surface area contributed by atoms with E-state index in [9.17, 15) is 0 Å². The van der Waals surface area contributed by atoms with Gasteiger partial charge in [-0.3, -0.25) is 4.68 Å². The molecule has 0 amide bonds. The molecule has 3 aromatic rings. The molecule has 20 heavy (non-hydrogen) atoms. The number of nitrogens with zero attached hydrogens (tertiary/aromatic N) is 4. The smallest absolute Gasteiger partial charge is 0.148 e. The minimum absolute atomic E-state index is 0.813. The van der Waals surface area contributed by atoms with Crippen LogP contribution in [0.25, 0.3) is 11.0 Å². The average Bonchev–Trinajstić information content (AvgIpc) is 2.85. The molecular weight excluding hydrogens is 250 g/mol. The standard InChI is InChI=1S/C15H17N5/c1-11-15(16-9-7-12-8-10-17-20(12)2)19-14-6-4-3-5-13(14)18-11/h3-6,8,10H,7,9H2,1-2H3,(H,16,19). The first-order chi connectivity index (χ1) is 9.74. The highest BCUT2D eigenvalue weighted by Crippen LogP contribution is 2.15. The topological polar surface area (TPSA) is 55.6 Å². The molecule has 0 aliphatic carbocycles. The lowest BCUT2D eigenvalue weighted by Crippen LogP contribution is -2.11. The zero-order chi connectivity index (χ0) is 13.9. The summed E-state index contributed by atoms with van der Waals surface area (Å²) in [5.74, 6) is 0.853. The van der Waals surface area contributed by atoms with Gasteiger partial charge in [0.05, 0.1) is 16.7 Å². The minimum Gasteiger partial charge on any atom is -0.368 e. The molecule has 0 saturated heterocycles. The molecule has 0 atom stereocenters. The van der Waals surface area contributed by atoms with E-state index in [1.165, 1.54) is 5.69 Å². The van der Waals surface area contributed by atoms with E-state index in [4.69, 9.17) is 0 Å². The lowest BCUT2D eigenvalue weighted by Gasteiger charge is -2.09. The molecule has 0 spiro atoms. The van der Waals surface area contributed by atoms with Gasteiger partial charge >= 0.3 is 0 Å². The van der Waals surface area contributed by atoms with E-state index in [1.807, 2.05) is 55.2 Å². The van der Waals surface area contributed by atoms with Crippen LogP contribution in [0, 0.1) is 6.92 Å². The lowest BCUT2D eigenvalue weighted by molar-refractivity contribution is 0.711. The number of hydrogen-bond donors (Lipinski definition) is 1. The van der Waals surface area contributed by atoms with Crippen LogP contribution < -0.4 is 5.32 Å². The van der Waals surface area contributed by atoms with Crippen molar-refractivity contribution < 1.29 is 0 Å². The maximum atomic E-state index is 4.62. The monoisotopic (exact) mass is 267 g/mol. The summed E-state index contributed by atoms with van der Waals surface area (Å²) in [5.41, 5.74) is 3.97. The van der Waals surface area contributed by atoms with Gasteiger partial charge in [0.1, 0.15) is 5.82 Å². The summed E-state index contributed by atoms with van der Waals surface area (Å²) in [6.07, 6.45) is 2.72. The fourth-order valence-electron chi connectivity index (χ4n) is 2.21. The third kappa shape index (κ3) is 2.47. The molecule has 0 fully saturated rings. The molecule has 2 aromatic heterocycles. The van der Waals surface area contributed by atoms with Crippen LogP contribution in [-0.4, -0.2) is 26.3 Å². The molecule has 0 aliphatic heterocycles. The fraction of sp³-hybridized carbons (Fsp3) is 0.267. The summed E-state index contributed by atoms with van der Waals surface area (Å²) >= 11 is 0. The second kappa shape index (κ2) is 5.28. The van der Waals surface area contributed by atoms with Gasteiger partial charge in [0.15, 0.2) is 0 Å². The predicted molar refractivity (Wildman–Crippen MR) is 79.7 cm³/mol. The molecule has 0 unspecified atom stereocenters. The number of aromatic nitrogens is 4. The highest BCUT2D eigenvalue weighted by molar-refractivity contribution is 5.76. The van der Waals surface area contributed by atoms with Crippen molar-refractivity contribution in [2.24, 2.45) is 7.05 Å². The summed E-state index contributed by atoms with van der Waals surface area (Å²) in [7, 11) is 1.95. The van der Waals surface area contributed by atoms with Gasteiger partial charge in [-0.25, -0.2) is 9.97 Å². The normalized spacial score (nSPS) is 10.9. The van der Waals surface area contributed by atoms with Crippen molar-refractivity contribution in [2.45, 2.75) is 13.3 Å². The summed E-state index contributed by atoms with van der Waals surface area (Å²) < 4.78 is 1.89. The second-order valence-corrected chi connectivity index (χ2v) is 4.77. The number of para-hydroxylation sites is 2. The quantitative estimate of drug-likeness (QED) is 0.788. The van der Waals surface area contributed by atoms with E-state index < -0.39 is 0 Å². The molecule has 1 N–H and O–H groups in total. The van der Waals surface area contributed by atoms with Gasteiger partial charge in [-0.05, 0) is 25.1 Å². The molecule has 5 nitrogen and oxygen atoms in total. The molecule has 3 rings (SSSR count). The van der Waals surface area contributed by atoms with Gasteiger partial charge in [-0.2, -0.15) is 5.10 Å². The molecule has 0 bridgehead atoms. The van der Waals surface area contributed by atoms with Crippen molar-refractivity contribution >= 4 is 16.9 Å². The SMILES string of the molecule is Cc1nc2ccccc2nc1NCCc1ccnn1C. The second-order valence-electron chi connectivity index (χ2n) is 4.77. The first kappa shape index (κ1) is 12.6.